The van der Waals surface area contributed by atoms with Crippen molar-refractivity contribution in [3.05, 3.63) is 84.3 Å². The molecule has 156 valence electrons. The lowest BCUT2D eigenvalue weighted by Crippen LogP contribution is -2.00. The number of phenolic OH excluding ortho intramolecular Hbond substituents is 1. The number of methoxy groups -OCH3 is 1. The van der Waals surface area contributed by atoms with Crippen LogP contribution in [0.3, 0.4) is 0 Å². The summed E-state index contributed by atoms with van der Waals surface area (Å²) < 4.78 is 24.6. The Kier molecular flexibility index (Phi) is 5.66. The number of rotatable bonds is 6. The lowest BCUT2D eigenvalue weighted by atomic mass is 10.00. The molecular formula is C24H20FN3O3. The second-order valence-electron chi connectivity index (χ2n) is 6.78. The first kappa shape index (κ1) is 20.2. The van der Waals surface area contributed by atoms with Crippen LogP contribution in [-0.4, -0.2) is 22.2 Å². The van der Waals surface area contributed by atoms with Crippen LogP contribution in [0.15, 0.2) is 72.9 Å². The molecule has 0 atom stereocenters. The smallest absolute Gasteiger partial charge is 0.220 e. The van der Waals surface area contributed by atoms with Gasteiger partial charge in [0, 0.05) is 29.0 Å². The molecule has 0 bridgehead atoms. The fourth-order valence-corrected chi connectivity index (χ4v) is 3.16. The summed E-state index contributed by atoms with van der Waals surface area (Å²) in [6.07, 6.45) is 1.61. The van der Waals surface area contributed by atoms with Crippen LogP contribution in [0.4, 0.5) is 10.3 Å². The first-order valence-electron chi connectivity index (χ1n) is 9.51. The number of phenols is 1. The first-order chi connectivity index (χ1) is 15.0. The standard InChI is InChI=1S/C24H20FN3O3/c1-30-17-8-6-15(7-9-17)20-13-27-24(26)28-23(20)19-11-10-18(12-22(19)29)31-14-16-4-2-3-5-21(16)25/h2-13,29H,14H2,1H3,(H2,26,27,28). The molecule has 0 radical (unpaired) electrons. The van der Waals surface area contributed by atoms with Crippen LogP contribution in [0.2, 0.25) is 0 Å². The first-order valence-corrected chi connectivity index (χ1v) is 9.51. The highest BCUT2D eigenvalue weighted by Crippen LogP contribution is 2.37. The minimum Gasteiger partial charge on any atom is -0.507 e. The molecule has 1 aromatic heterocycles. The van der Waals surface area contributed by atoms with Gasteiger partial charge in [-0.25, -0.2) is 14.4 Å². The Morgan fingerprint density at radius 2 is 1.71 bits per heavy atom. The maximum absolute atomic E-state index is 13.8. The van der Waals surface area contributed by atoms with E-state index in [0.29, 0.717) is 28.1 Å². The van der Waals surface area contributed by atoms with E-state index in [4.69, 9.17) is 15.2 Å². The summed E-state index contributed by atoms with van der Waals surface area (Å²) in [4.78, 5) is 8.44. The average Bonchev–Trinajstić information content (AvgIpc) is 2.79. The van der Waals surface area contributed by atoms with Crippen molar-refractivity contribution in [2.75, 3.05) is 12.8 Å². The summed E-state index contributed by atoms with van der Waals surface area (Å²) >= 11 is 0. The maximum atomic E-state index is 13.8. The molecule has 0 fully saturated rings. The van der Waals surface area contributed by atoms with E-state index in [1.165, 1.54) is 12.1 Å². The molecule has 4 aromatic rings. The Hall–Kier alpha value is -4.13. The summed E-state index contributed by atoms with van der Waals surface area (Å²) in [5.41, 5.74) is 8.73. The molecule has 0 aliphatic rings. The number of nitrogens with zero attached hydrogens (tertiary/aromatic N) is 2. The van der Waals surface area contributed by atoms with Crippen molar-refractivity contribution in [3.8, 4) is 39.6 Å². The van der Waals surface area contributed by atoms with Gasteiger partial charge in [0.15, 0.2) is 0 Å². The summed E-state index contributed by atoms with van der Waals surface area (Å²) in [6, 6.07) is 18.6. The fourth-order valence-electron chi connectivity index (χ4n) is 3.16. The predicted molar refractivity (Wildman–Crippen MR) is 116 cm³/mol. The number of hydrogen-bond acceptors (Lipinski definition) is 6. The van der Waals surface area contributed by atoms with Gasteiger partial charge >= 0.3 is 0 Å². The molecule has 0 saturated heterocycles. The highest BCUT2D eigenvalue weighted by atomic mass is 19.1. The molecule has 0 aliphatic carbocycles. The minimum atomic E-state index is -0.344. The predicted octanol–water partition coefficient (Wildman–Crippen LogP) is 4.83. The van der Waals surface area contributed by atoms with Crippen LogP contribution in [0.5, 0.6) is 17.2 Å². The molecule has 7 heteroatoms. The minimum absolute atomic E-state index is 0.0427. The van der Waals surface area contributed by atoms with Crippen LogP contribution >= 0.6 is 0 Å². The SMILES string of the molecule is COc1ccc(-c2cnc(N)nc2-c2ccc(OCc3ccccc3F)cc2O)cc1. The summed E-state index contributed by atoms with van der Waals surface area (Å²) in [5.74, 6) is 0.827. The molecule has 0 unspecified atom stereocenters. The van der Waals surface area contributed by atoms with E-state index >= 15 is 0 Å². The Balaban J connectivity index is 1.65. The molecule has 3 N–H and O–H groups in total. The maximum Gasteiger partial charge on any atom is 0.220 e. The van der Waals surface area contributed by atoms with Crippen LogP contribution in [-0.2, 0) is 6.61 Å². The van der Waals surface area contributed by atoms with E-state index in [1.54, 1.807) is 43.6 Å². The topological polar surface area (TPSA) is 90.5 Å². The molecule has 0 spiro atoms. The fraction of sp³-hybridized carbons (Fsp3) is 0.0833. The Labute approximate surface area is 178 Å². The molecule has 0 aliphatic heterocycles. The van der Waals surface area contributed by atoms with Gasteiger partial charge in [0.1, 0.15) is 29.7 Å². The van der Waals surface area contributed by atoms with E-state index < -0.39 is 0 Å². The lowest BCUT2D eigenvalue weighted by Gasteiger charge is -2.13. The lowest BCUT2D eigenvalue weighted by molar-refractivity contribution is 0.298. The van der Waals surface area contributed by atoms with E-state index in [-0.39, 0.29) is 24.1 Å². The number of halogens is 1. The molecule has 1 heterocycles. The molecule has 3 aromatic carbocycles. The van der Waals surface area contributed by atoms with E-state index in [2.05, 4.69) is 9.97 Å². The third-order valence-electron chi connectivity index (χ3n) is 4.78. The molecule has 4 rings (SSSR count). The number of hydrogen-bond donors (Lipinski definition) is 2. The number of nitrogens with two attached hydrogens (primary N) is 1. The zero-order valence-electron chi connectivity index (χ0n) is 16.7. The molecule has 31 heavy (non-hydrogen) atoms. The number of aromatic nitrogens is 2. The largest absolute Gasteiger partial charge is 0.507 e. The van der Waals surface area contributed by atoms with Gasteiger partial charge in [0.05, 0.1) is 12.8 Å². The van der Waals surface area contributed by atoms with Crippen molar-refractivity contribution in [1.29, 1.82) is 0 Å². The van der Waals surface area contributed by atoms with Crippen LogP contribution in [0.25, 0.3) is 22.4 Å². The van der Waals surface area contributed by atoms with E-state index in [0.717, 1.165) is 11.3 Å². The van der Waals surface area contributed by atoms with Gasteiger partial charge in [-0.1, -0.05) is 30.3 Å². The van der Waals surface area contributed by atoms with E-state index in [1.807, 2.05) is 24.3 Å². The van der Waals surface area contributed by atoms with Crippen molar-refractivity contribution in [2.45, 2.75) is 6.61 Å². The third-order valence-corrected chi connectivity index (χ3v) is 4.78. The Bertz CT molecular complexity index is 1210. The number of ether oxygens (including phenoxy) is 2. The number of aromatic hydroxyl groups is 1. The number of benzene rings is 3. The number of nitrogen functional groups attached to an aromatic ring is 1. The highest BCUT2D eigenvalue weighted by molar-refractivity contribution is 5.83. The van der Waals surface area contributed by atoms with Gasteiger partial charge in [0.2, 0.25) is 5.95 Å². The molecule has 6 nitrogen and oxygen atoms in total. The van der Waals surface area contributed by atoms with Crippen molar-refractivity contribution >= 4 is 5.95 Å². The zero-order valence-corrected chi connectivity index (χ0v) is 16.7. The molecule has 0 amide bonds. The quantitative estimate of drug-likeness (QED) is 0.467. The second-order valence-corrected chi connectivity index (χ2v) is 6.78. The van der Waals surface area contributed by atoms with Gasteiger partial charge in [0.25, 0.3) is 0 Å². The summed E-state index contributed by atoms with van der Waals surface area (Å²) in [7, 11) is 1.60. The van der Waals surface area contributed by atoms with Gasteiger partial charge in [-0.3, -0.25) is 0 Å². The summed E-state index contributed by atoms with van der Waals surface area (Å²) in [6.45, 7) is 0.0447. The van der Waals surface area contributed by atoms with Crippen molar-refractivity contribution in [3.63, 3.8) is 0 Å². The van der Waals surface area contributed by atoms with Crippen molar-refractivity contribution < 1.29 is 19.0 Å². The van der Waals surface area contributed by atoms with Gasteiger partial charge < -0.3 is 20.3 Å². The second kappa shape index (κ2) is 8.71. The van der Waals surface area contributed by atoms with Crippen LogP contribution in [0, 0.1) is 5.82 Å². The average molecular weight is 417 g/mol. The van der Waals surface area contributed by atoms with Gasteiger partial charge in [-0.15, -0.1) is 0 Å². The zero-order chi connectivity index (χ0) is 21.8. The van der Waals surface area contributed by atoms with Crippen molar-refractivity contribution in [1.82, 2.24) is 9.97 Å². The number of anilines is 1. The van der Waals surface area contributed by atoms with Crippen LogP contribution < -0.4 is 15.2 Å². The third kappa shape index (κ3) is 4.40. The van der Waals surface area contributed by atoms with Crippen molar-refractivity contribution in [2.24, 2.45) is 0 Å². The molecular weight excluding hydrogens is 397 g/mol. The Morgan fingerprint density at radius 1 is 0.968 bits per heavy atom. The van der Waals surface area contributed by atoms with Gasteiger partial charge in [-0.05, 0) is 35.9 Å². The molecule has 0 saturated carbocycles. The Morgan fingerprint density at radius 3 is 2.42 bits per heavy atom. The normalized spacial score (nSPS) is 10.6. The highest BCUT2D eigenvalue weighted by Gasteiger charge is 2.15. The van der Waals surface area contributed by atoms with Crippen LogP contribution in [0.1, 0.15) is 5.56 Å². The van der Waals surface area contributed by atoms with E-state index in [9.17, 15) is 9.50 Å². The summed E-state index contributed by atoms with van der Waals surface area (Å²) in [5, 5.41) is 10.7. The van der Waals surface area contributed by atoms with Gasteiger partial charge in [-0.2, -0.15) is 0 Å². The monoisotopic (exact) mass is 417 g/mol.